The van der Waals surface area contributed by atoms with E-state index in [4.69, 9.17) is 5.73 Å². The summed E-state index contributed by atoms with van der Waals surface area (Å²) in [7, 11) is 1.70. The highest BCUT2D eigenvalue weighted by molar-refractivity contribution is 5.90. The summed E-state index contributed by atoms with van der Waals surface area (Å²) in [5.74, 6) is 0.212. The molecule has 7 heteroatoms. The number of hydrogen-bond donors (Lipinski definition) is 2. The topological polar surface area (TPSA) is 98.7 Å². The second kappa shape index (κ2) is 4.60. The van der Waals surface area contributed by atoms with Crippen LogP contribution < -0.4 is 11.1 Å². The Bertz CT molecular complexity index is 518. The molecule has 3 N–H and O–H groups in total. The predicted octanol–water partition coefficient (Wildman–Crippen LogP) is -0.0265. The van der Waals surface area contributed by atoms with Gasteiger partial charge < -0.3 is 5.73 Å². The minimum absolute atomic E-state index is 0.174. The van der Waals surface area contributed by atoms with Crippen LogP contribution in [0.2, 0.25) is 0 Å². The molecule has 0 aliphatic heterocycles. The number of rotatable bonds is 3. The van der Waals surface area contributed by atoms with Crippen LogP contribution in [0.3, 0.4) is 0 Å². The maximum Gasteiger partial charge on any atom is 0.232 e. The lowest BCUT2D eigenvalue weighted by Gasteiger charge is -2.03. The number of pyridine rings is 1. The SMILES string of the molecule is Cn1ncnc1NC(=O)Cc1ccc(N)cn1. The quantitative estimate of drug-likeness (QED) is 0.774. The first kappa shape index (κ1) is 11.1. The fourth-order valence-electron chi connectivity index (χ4n) is 1.28. The Morgan fingerprint density at radius 3 is 2.88 bits per heavy atom. The Labute approximate surface area is 97.7 Å². The van der Waals surface area contributed by atoms with Gasteiger partial charge in [0.25, 0.3) is 0 Å². The Morgan fingerprint density at radius 2 is 2.29 bits per heavy atom. The summed E-state index contributed by atoms with van der Waals surface area (Å²) in [4.78, 5) is 19.6. The van der Waals surface area contributed by atoms with E-state index in [0.717, 1.165) is 0 Å². The molecule has 1 amide bonds. The summed E-state index contributed by atoms with van der Waals surface area (Å²) in [6.07, 6.45) is 3.06. The number of hydrogen-bond acceptors (Lipinski definition) is 5. The summed E-state index contributed by atoms with van der Waals surface area (Å²) in [6.45, 7) is 0. The van der Waals surface area contributed by atoms with Crippen molar-refractivity contribution in [1.29, 1.82) is 0 Å². The predicted molar refractivity (Wildman–Crippen MR) is 62.0 cm³/mol. The monoisotopic (exact) mass is 232 g/mol. The third-order valence-corrected chi connectivity index (χ3v) is 2.15. The molecule has 17 heavy (non-hydrogen) atoms. The molecule has 2 rings (SSSR count). The fourth-order valence-corrected chi connectivity index (χ4v) is 1.28. The van der Waals surface area contributed by atoms with Crippen molar-refractivity contribution in [2.75, 3.05) is 11.1 Å². The van der Waals surface area contributed by atoms with E-state index >= 15 is 0 Å². The Hall–Kier alpha value is -2.44. The maximum atomic E-state index is 11.7. The van der Waals surface area contributed by atoms with Gasteiger partial charge in [0.15, 0.2) is 0 Å². The minimum atomic E-state index is -0.196. The number of aromatic nitrogens is 4. The lowest BCUT2D eigenvalue weighted by atomic mass is 10.2. The number of amides is 1. The number of aryl methyl sites for hydroxylation is 1. The van der Waals surface area contributed by atoms with Gasteiger partial charge in [0.2, 0.25) is 11.9 Å². The molecule has 0 fully saturated rings. The molecule has 0 spiro atoms. The zero-order chi connectivity index (χ0) is 12.3. The third-order valence-electron chi connectivity index (χ3n) is 2.15. The van der Waals surface area contributed by atoms with Crippen LogP contribution >= 0.6 is 0 Å². The molecule has 0 aromatic carbocycles. The molecule has 0 unspecified atom stereocenters. The van der Waals surface area contributed by atoms with Crippen molar-refractivity contribution in [3.8, 4) is 0 Å². The smallest absolute Gasteiger partial charge is 0.232 e. The van der Waals surface area contributed by atoms with Crippen molar-refractivity contribution in [2.24, 2.45) is 7.05 Å². The summed E-state index contributed by atoms with van der Waals surface area (Å²) in [5.41, 5.74) is 6.73. The van der Waals surface area contributed by atoms with Gasteiger partial charge in [0, 0.05) is 12.7 Å². The highest BCUT2D eigenvalue weighted by Crippen LogP contribution is 2.04. The number of nitrogens with one attached hydrogen (secondary N) is 1. The lowest BCUT2D eigenvalue weighted by Crippen LogP contribution is -2.18. The molecule has 2 heterocycles. The first-order valence-electron chi connectivity index (χ1n) is 4.99. The van der Waals surface area contributed by atoms with Gasteiger partial charge in [0.1, 0.15) is 6.33 Å². The van der Waals surface area contributed by atoms with Crippen LogP contribution in [0.25, 0.3) is 0 Å². The van der Waals surface area contributed by atoms with E-state index in [1.807, 2.05) is 0 Å². The zero-order valence-electron chi connectivity index (χ0n) is 9.29. The average molecular weight is 232 g/mol. The molecule has 0 radical (unpaired) electrons. The molecule has 0 aliphatic carbocycles. The number of nitrogens with two attached hydrogens (primary N) is 1. The van der Waals surface area contributed by atoms with E-state index in [1.165, 1.54) is 17.2 Å². The van der Waals surface area contributed by atoms with Gasteiger partial charge in [-0.3, -0.25) is 15.1 Å². The first-order chi connectivity index (χ1) is 8.15. The standard InChI is InChI=1S/C10H12N6O/c1-16-10(13-6-14-16)15-9(17)4-8-3-2-7(11)5-12-8/h2-3,5-6H,4,11H2,1H3,(H,13,14,15,17). The molecule has 0 bridgehead atoms. The van der Waals surface area contributed by atoms with Crippen LogP contribution in [0.1, 0.15) is 5.69 Å². The number of carbonyl (C=O) groups is 1. The van der Waals surface area contributed by atoms with E-state index in [1.54, 1.807) is 19.2 Å². The molecule has 0 saturated heterocycles. The zero-order valence-corrected chi connectivity index (χ0v) is 9.29. The molecule has 0 saturated carbocycles. The number of nitrogens with zero attached hydrogens (tertiary/aromatic N) is 4. The van der Waals surface area contributed by atoms with E-state index in [0.29, 0.717) is 17.3 Å². The third kappa shape index (κ3) is 2.77. The Morgan fingerprint density at radius 1 is 1.47 bits per heavy atom. The van der Waals surface area contributed by atoms with Gasteiger partial charge in [-0.2, -0.15) is 10.1 Å². The van der Waals surface area contributed by atoms with Gasteiger partial charge >= 0.3 is 0 Å². The van der Waals surface area contributed by atoms with E-state index in [2.05, 4.69) is 20.4 Å². The highest BCUT2D eigenvalue weighted by Gasteiger charge is 2.08. The van der Waals surface area contributed by atoms with Crippen molar-refractivity contribution in [3.63, 3.8) is 0 Å². The van der Waals surface area contributed by atoms with Gasteiger partial charge in [-0.05, 0) is 12.1 Å². The van der Waals surface area contributed by atoms with Crippen molar-refractivity contribution in [3.05, 3.63) is 30.4 Å². The molecule has 2 aromatic rings. The van der Waals surface area contributed by atoms with Gasteiger partial charge in [-0.1, -0.05) is 0 Å². The number of nitrogen functional groups attached to an aromatic ring is 1. The largest absolute Gasteiger partial charge is 0.397 e. The Kier molecular flexibility index (Phi) is 2.99. The van der Waals surface area contributed by atoms with Crippen LogP contribution in [0, 0.1) is 0 Å². The van der Waals surface area contributed by atoms with E-state index in [-0.39, 0.29) is 12.3 Å². The van der Waals surface area contributed by atoms with Crippen molar-refractivity contribution in [2.45, 2.75) is 6.42 Å². The minimum Gasteiger partial charge on any atom is -0.397 e. The summed E-state index contributed by atoms with van der Waals surface area (Å²) in [6, 6.07) is 3.42. The molecule has 88 valence electrons. The Balaban J connectivity index is 1.98. The summed E-state index contributed by atoms with van der Waals surface area (Å²) >= 11 is 0. The molecule has 2 aromatic heterocycles. The first-order valence-corrected chi connectivity index (χ1v) is 4.99. The highest BCUT2D eigenvalue weighted by atomic mass is 16.1. The fraction of sp³-hybridized carbons (Fsp3) is 0.200. The molecular formula is C10H12N6O. The van der Waals surface area contributed by atoms with Crippen molar-refractivity contribution in [1.82, 2.24) is 19.7 Å². The second-order valence-electron chi connectivity index (χ2n) is 3.52. The van der Waals surface area contributed by atoms with Gasteiger partial charge in [0.05, 0.1) is 18.3 Å². The van der Waals surface area contributed by atoms with Crippen LogP contribution in [0.5, 0.6) is 0 Å². The summed E-state index contributed by atoms with van der Waals surface area (Å²) in [5, 5.41) is 6.48. The van der Waals surface area contributed by atoms with E-state index in [9.17, 15) is 4.79 Å². The van der Waals surface area contributed by atoms with Crippen LogP contribution in [0.15, 0.2) is 24.7 Å². The van der Waals surface area contributed by atoms with Crippen LogP contribution in [-0.2, 0) is 18.3 Å². The maximum absolute atomic E-state index is 11.7. The van der Waals surface area contributed by atoms with Gasteiger partial charge in [-0.15, -0.1) is 0 Å². The number of anilines is 2. The van der Waals surface area contributed by atoms with Crippen LogP contribution in [0.4, 0.5) is 11.6 Å². The van der Waals surface area contributed by atoms with E-state index < -0.39 is 0 Å². The second-order valence-corrected chi connectivity index (χ2v) is 3.52. The molecule has 0 aliphatic rings. The van der Waals surface area contributed by atoms with Crippen molar-refractivity contribution >= 4 is 17.5 Å². The lowest BCUT2D eigenvalue weighted by molar-refractivity contribution is -0.115. The number of carbonyl (C=O) groups excluding carboxylic acids is 1. The normalized spacial score (nSPS) is 10.2. The van der Waals surface area contributed by atoms with Crippen LogP contribution in [-0.4, -0.2) is 25.7 Å². The van der Waals surface area contributed by atoms with Crippen molar-refractivity contribution < 1.29 is 4.79 Å². The average Bonchev–Trinajstić information content (AvgIpc) is 2.68. The molecule has 7 nitrogen and oxygen atoms in total. The molecular weight excluding hydrogens is 220 g/mol. The molecule has 0 atom stereocenters. The van der Waals surface area contributed by atoms with Gasteiger partial charge in [-0.25, -0.2) is 4.68 Å². The summed E-state index contributed by atoms with van der Waals surface area (Å²) < 4.78 is 1.48.